The first-order valence-corrected chi connectivity index (χ1v) is 2.23. The minimum Gasteiger partial charge on any atom is -0.297 e. The van der Waals surface area contributed by atoms with E-state index in [1.54, 1.807) is 0 Å². The molecule has 0 aromatic heterocycles. The van der Waals surface area contributed by atoms with Gasteiger partial charge in [-0.05, 0) is 0 Å². The van der Waals surface area contributed by atoms with Gasteiger partial charge >= 0.3 is 5.97 Å². The fourth-order valence-corrected chi connectivity index (χ4v) is 0.467. The molecule has 1 aliphatic rings. The molecular formula is C3H3ClO3. The van der Waals surface area contributed by atoms with Crippen molar-refractivity contribution in [2.45, 2.75) is 12.0 Å². The highest BCUT2D eigenvalue weighted by atomic mass is 35.5. The van der Waals surface area contributed by atoms with Crippen LogP contribution >= 0.6 is 11.6 Å². The van der Waals surface area contributed by atoms with Crippen LogP contribution in [0.4, 0.5) is 0 Å². The monoisotopic (exact) mass is 122 g/mol. The normalized spacial score (nSPS) is 30.4. The molecule has 1 saturated heterocycles. The van der Waals surface area contributed by atoms with E-state index in [1.165, 1.54) is 0 Å². The maximum atomic E-state index is 10.0. The molecule has 7 heavy (non-hydrogen) atoms. The summed E-state index contributed by atoms with van der Waals surface area (Å²) < 4.78 is 0. The molecule has 0 aliphatic carbocycles. The Morgan fingerprint density at radius 3 is 2.71 bits per heavy atom. The van der Waals surface area contributed by atoms with E-state index < -0.39 is 11.5 Å². The third-order valence-electron chi connectivity index (χ3n) is 0.573. The van der Waals surface area contributed by atoms with Crippen LogP contribution in [0.3, 0.4) is 0 Å². The van der Waals surface area contributed by atoms with E-state index in [2.05, 4.69) is 9.78 Å². The average molecular weight is 123 g/mol. The molecule has 0 bridgehead atoms. The van der Waals surface area contributed by atoms with E-state index >= 15 is 0 Å². The summed E-state index contributed by atoms with van der Waals surface area (Å²) in [5.41, 5.74) is -0.576. The van der Waals surface area contributed by atoms with Crippen LogP contribution in [-0.4, -0.2) is 11.5 Å². The van der Waals surface area contributed by atoms with Crippen LogP contribution in [0.2, 0.25) is 0 Å². The number of rotatable bonds is 0. The van der Waals surface area contributed by atoms with Gasteiger partial charge in [-0.1, -0.05) is 11.6 Å². The van der Waals surface area contributed by atoms with E-state index in [0.29, 0.717) is 0 Å². The first kappa shape index (κ1) is 4.87. The van der Waals surface area contributed by atoms with Gasteiger partial charge in [-0.2, -0.15) is 4.89 Å². The van der Waals surface area contributed by atoms with Gasteiger partial charge in [0.15, 0.2) is 5.56 Å². The molecule has 0 aromatic rings. The largest absolute Gasteiger partial charge is 0.346 e. The van der Waals surface area contributed by atoms with Crippen LogP contribution in [0.5, 0.6) is 0 Å². The second kappa shape index (κ2) is 1.68. The molecular weight excluding hydrogens is 119 g/mol. The Kier molecular flexibility index (Phi) is 1.17. The Morgan fingerprint density at radius 1 is 1.86 bits per heavy atom. The van der Waals surface area contributed by atoms with Crippen molar-refractivity contribution in [3.8, 4) is 0 Å². The van der Waals surface area contributed by atoms with E-state index in [4.69, 9.17) is 11.6 Å². The second-order valence-electron chi connectivity index (χ2n) is 1.17. The van der Waals surface area contributed by atoms with Gasteiger partial charge in [-0.3, -0.25) is 4.89 Å². The Bertz CT molecular complexity index is 92.2. The zero-order valence-electron chi connectivity index (χ0n) is 3.39. The van der Waals surface area contributed by atoms with Gasteiger partial charge in [0.25, 0.3) is 0 Å². The van der Waals surface area contributed by atoms with Crippen molar-refractivity contribution in [1.82, 2.24) is 0 Å². The number of hydrogen-bond donors (Lipinski definition) is 0. The van der Waals surface area contributed by atoms with Crippen molar-refractivity contribution in [1.29, 1.82) is 0 Å². The lowest BCUT2D eigenvalue weighted by Gasteiger charge is -1.86. The summed E-state index contributed by atoms with van der Waals surface area (Å²) in [7, 11) is 0. The molecule has 0 amide bonds. The molecule has 4 heteroatoms. The summed E-state index contributed by atoms with van der Waals surface area (Å²) in [5.74, 6) is -0.403. The summed E-state index contributed by atoms with van der Waals surface area (Å²) >= 11 is 5.24. The SMILES string of the molecule is O=C1CC(Cl)OO1. The Morgan fingerprint density at radius 2 is 2.57 bits per heavy atom. The fourth-order valence-electron chi connectivity index (χ4n) is 0.305. The van der Waals surface area contributed by atoms with Gasteiger partial charge in [0, 0.05) is 0 Å². The van der Waals surface area contributed by atoms with Crippen LogP contribution in [-0.2, 0) is 14.6 Å². The zero-order valence-corrected chi connectivity index (χ0v) is 4.14. The van der Waals surface area contributed by atoms with Crippen molar-refractivity contribution in [3.63, 3.8) is 0 Å². The maximum Gasteiger partial charge on any atom is 0.346 e. The highest BCUT2D eigenvalue weighted by Gasteiger charge is 2.22. The van der Waals surface area contributed by atoms with Crippen LogP contribution < -0.4 is 0 Å². The first-order chi connectivity index (χ1) is 3.29. The Balaban J connectivity index is 2.40. The van der Waals surface area contributed by atoms with Gasteiger partial charge in [-0.15, -0.1) is 0 Å². The molecule has 0 saturated carbocycles. The number of carbonyl (C=O) groups is 1. The van der Waals surface area contributed by atoms with E-state index in [9.17, 15) is 4.79 Å². The molecule has 0 spiro atoms. The molecule has 0 N–H and O–H groups in total. The van der Waals surface area contributed by atoms with Crippen LogP contribution in [0.1, 0.15) is 6.42 Å². The van der Waals surface area contributed by atoms with Gasteiger partial charge in [-0.25, -0.2) is 4.79 Å². The molecule has 0 aromatic carbocycles. The minimum atomic E-state index is -0.576. The number of alkyl halides is 1. The average Bonchev–Trinajstić information content (AvgIpc) is 1.87. The topological polar surface area (TPSA) is 35.5 Å². The highest BCUT2D eigenvalue weighted by Crippen LogP contribution is 2.12. The molecule has 3 nitrogen and oxygen atoms in total. The summed E-state index contributed by atoms with van der Waals surface area (Å²) in [5, 5.41) is 0. The fraction of sp³-hybridized carbons (Fsp3) is 0.667. The highest BCUT2D eigenvalue weighted by molar-refractivity contribution is 6.20. The zero-order chi connectivity index (χ0) is 5.28. The molecule has 1 rings (SSSR count). The van der Waals surface area contributed by atoms with Crippen molar-refractivity contribution >= 4 is 17.6 Å². The standard InChI is InChI=1S/C3H3ClO3/c4-2-1-3(5)7-6-2/h2H,1H2. The second-order valence-corrected chi connectivity index (χ2v) is 1.65. The van der Waals surface area contributed by atoms with Gasteiger partial charge < -0.3 is 0 Å². The number of hydrogen-bond acceptors (Lipinski definition) is 3. The molecule has 1 aliphatic heterocycles. The van der Waals surface area contributed by atoms with Gasteiger partial charge in [0.2, 0.25) is 0 Å². The minimum absolute atomic E-state index is 0.154. The van der Waals surface area contributed by atoms with Crippen molar-refractivity contribution in [3.05, 3.63) is 0 Å². The van der Waals surface area contributed by atoms with Gasteiger partial charge in [0.1, 0.15) is 0 Å². The predicted octanol–water partition coefficient (Wildman–Crippen LogP) is 0.430. The molecule has 0 radical (unpaired) electrons. The molecule has 1 atom stereocenters. The maximum absolute atomic E-state index is 10.0. The van der Waals surface area contributed by atoms with Crippen LogP contribution in [0.25, 0.3) is 0 Å². The first-order valence-electron chi connectivity index (χ1n) is 1.79. The molecule has 40 valence electrons. The summed E-state index contributed by atoms with van der Waals surface area (Å²) in [6, 6.07) is 0. The number of halogens is 1. The Hall–Kier alpha value is -0.280. The van der Waals surface area contributed by atoms with Crippen molar-refractivity contribution in [2.75, 3.05) is 0 Å². The van der Waals surface area contributed by atoms with E-state index in [-0.39, 0.29) is 6.42 Å². The lowest BCUT2D eigenvalue weighted by Crippen LogP contribution is -1.91. The van der Waals surface area contributed by atoms with Crippen molar-refractivity contribution in [2.24, 2.45) is 0 Å². The predicted molar refractivity (Wildman–Crippen MR) is 21.4 cm³/mol. The van der Waals surface area contributed by atoms with Crippen LogP contribution in [0.15, 0.2) is 0 Å². The quantitative estimate of drug-likeness (QED) is 0.345. The summed E-state index contributed by atoms with van der Waals surface area (Å²) in [6.45, 7) is 0. The smallest absolute Gasteiger partial charge is 0.297 e. The summed E-state index contributed by atoms with van der Waals surface area (Å²) in [4.78, 5) is 18.2. The van der Waals surface area contributed by atoms with Crippen molar-refractivity contribution < 1.29 is 14.6 Å². The summed E-state index contributed by atoms with van der Waals surface area (Å²) in [6.07, 6.45) is 0.154. The third kappa shape index (κ3) is 1.04. The molecule has 1 unspecified atom stereocenters. The molecule has 1 heterocycles. The lowest BCUT2D eigenvalue weighted by molar-refractivity contribution is -0.247. The lowest BCUT2D eigenvalue weighted by atomic mass is 10.5. The third-order valence-corrected chi connectivity index (χ3v) is 0.800. The molecule has 1 fully saturated rings. The van der Waals surface area contributed by atoms with Gasteiger partial charge in [0.05, 0.1) is 6.42 Å². The van der Waals surface area contributed by atoms with E-state index in [1.807, 2.05) is 0 Å². The Labute approximate surface area is 45.1 Å². The van der Waals surface area contributed by atoms with Crippen LogP contribution in [0, 0.1) is 0 Å². The number of carbonyl (C=O) groups excluding carboxylic acids is 1. The van der Waals surface area contributed by atoms with E-state index in [0.717, 1.165) is 0 Å².